The van der Waals surface area contributed by atoms with E-state index in [4.69, 9.17) is 9.47 Å². The maximum absolute atomic E-state index is 12.4. The summed E-state index contributed by atoms with van der Waals surface area (Å²) < 4.78 is 10.6. The molecule has 2 heterocycles. The number of amides is 3. The van der Waals surface area contributed by atoms with Crippen molar-refractivity contribution in [1.29, 1.82) is 0 Å². The van der Waals surface area contributed by atoms with Crippen molar-refractivity contribution in [3.8, 4) is 11.5 Å². The van der Waals surface area contributed by atoms with Crippen LogP contribution in [0.4, 0.5) is 0 Å². The molecule has 30 heavy (non-hydrogen) atoms. The van der Waals surface area contributed by atoms with Crippen LogP contribution in [0, 0.1) is 0 Å². The first-order valence-corrected chi connectivity index (χ1v) is 9.87. The van der Waals surface area contributed by atoms with Gasteiger partial charge in [0.25, 0.3) is 0 Å². The fraction of sp³-hybridized carbons (Fsp3) is 0.318. The first-order chi connectivity index (χ1) is 14.6. The van der Waals surface area contributed by atoms with E-state index in [-0.39, 0.29) is 25.7 Å². The number of piperazine rings is 1. The van der Waals surface area contributed by atoms with Gasteiger partial charge in [-0.05, 0) is 23.3 Å². The van der Waals surface area contributed by atoms with Gasteiger partial charge in [0.05, 0.1) is 0 Å². The summed E-state index contributed by atoms with van der Waals surface area (Å²) in [4.78, 5) is 40.0. The number of nitrogens with one attached hydrogen (secondary N) is 1. The maximum atomic E-state index is 12.4. The first-order valence-electron chi connectivity index (χ1n) is 9.87. The molecule has 156 valence electrons. The van der Waals surface area contributed by atoms with E-state index in [1.807, 2.05) is 48.5 Å². The van der Waals surface area contributed by atoms with E-state index >= 15 is 0 Å². The molecule has 0 aliphatic carbocycles. The van der Waals surface area contributed by atoms with Crippen molar-refractivity contribution < 1.29 is 23.9 Å². The standard InChI is InChI=1S/C22H23N3O5/c26-20(23-13-17-6-7-18-19(12-17)30-15-29-18)8-9-24-10-11-25(22(28)21(24)27)14-16-4-2-1-3-5-16/h1-7,12H,8-11,13-15H2,(H,23,26). The number of carbonyl (C=O) groups is 3. The van der Waals surface area contributed by atoms with E-state index in [0.29, 0.717) is 37.7 Å². The van der Waals surface area contributed by atoms with Gasteiger partial charge in [-0.15, -0.1) is 0 Å². The molecule has 0 atom stereocenters. The van der Waals surface area contributed by atoms with E-state index in [1.165, 1.54) is 4.90 Å². The third kappa shape index (κ3) is 4.53. The van der Waals surface area contributed by atoms with Gasteiger partial charge < -0.3 is 24.6 Å². The molecule has 8 nitrogen and oxygen atoms in total. The highest BCUT2D eigenvalue weighted by atomic mass is 16.7. The molecule has 1 saturated heterocycles. The number of benzene rings is 2. The van der Waals surface area contributed by atoms with Crippen molar-refractivity contribution >= 4 is 17.7 Å². The minimum Gasteiger partial charge on any atom is -0.454 e. The first kappa shape index (κ1) is 19.8. The Labute approximate surface area is 174 Å². The smallest absolute Gasteiger partial charge is 0.312 e. The topological polar surface area (TPSA) is 88.2 Å². The molecule has 2 aliphatic rings. The number of carbonyl (C=O) groups excluding carboxylic acids is 3. The number of nitrogens with zero attached hydrogens (tertiary/aromatic N) is 2. The minimum absolute atomic E-state index is 0.141. The second kappa shape index (κ2) is 8.86. The zero-order chi connectivity index (χ0) is 20.9. The normalized spacial score (nSPS) is 15.5. The summed E-state index contributed by atoms with van der Waals surface area (Å²) in [7, 11) is 0. The van der Waals surface area contributed by atoms with Gasteiger partial charge in [0.2, 0.25) is 12.7 Å². The summed E-state index contributed by atoms with van der Waals surface area (Å²) in [6.45, 7) is 2.07. The van der Waals surface area contributed by atoms with Crippen LogP contribution in [0.3, 0.4) is 0 Å². The molecule has 0 unspecified atom stereocenters. The van der Waals surface area contributed by atoms with Gasteiger partial charge in [0, 0.05) is 39.1 Å². The minimum atomic E-state index is -0.555. The zero-order valence-corrected chi connectivity index (χ0v) is 16.5. The molecule has 3 amide bonds. The van der Waals surface area contributed by atoms with Crippen molar-refractivity contribution in [2.45, 2.75) is 19.5 Å². The Morgan fingerprint density at radius 3 is 2.47 bits per heavy atom. The molecule has 0 spiro atoms. The summed E-state index contributed by atoms with van der Waals surface area (Å²) in [5.41, 5.74) is 1.88. The lowest BCUT2D eigenvalue weighted by molar-refractivity contribution is -0.156. The average molecular weight is 409 g/mol. The van der Waals surface area contributed by atoms with Crippen LogP contribution in [0.1, 0.15) is 17.5 Å². The molecular weight excluding hydrogens is 386 g/mol. The van der Waals surface area contributed by atoms with E-state index in [1.54, 1.807) is 4.90 Å². The quantitative estimate of drug-likeness (QED) is 0.697. The molecule has 0 saturated carbocycles. The SMILES string of the molecule is O=C(CCN1CCN(Cc2ccccc2)C(=O)C1=O)NCc1ccc2c(c1)OCO2. The maximum Gasteiger partial charge on any atom is 0.312 e. The van der Waals surface area contributed by atoms with Gasteiger partial charge in [-0.1, -0.05) is 36.4 Å². The fourth-order valence-corrected chi connectivity index (χ4v) is 3.46. The Balaban J connectivity index is 1.22. The lowest BCUT2D eigenvalue weighted by Crippen LogP contribution is -2.54. The number of fused-ring (bicyclic) bond motifs is 1. The second-order valence-corrected chi connectivity index (χ2v) is 7.22. The number of ether oxygens (including phenoxy) is 2. The predicted molar refractivity (Wildman–Crippen MR) is 107 cm³/mol. The van der Waals surface area contributed by atoms with E-state index in [9.17, 15) is 14.4 Å². The third-order valence-corrected chi connectivity index (χ3v) is 5.15. The van der Waals surface area contributed by atoms with Crippen LogP contribution >= 0.6 is 0 Å². The highest BCUT2D eigenvalue weighted by Gasteiger charge is 2.32. The van der Waals surface area contributed by atoms with E-state index in [2.05, 4.69) is 5.32 Å². The Morgan fingerprint density at radius 1 is 0.900 bits per heavy atom. The van der Waals surface area contributed by atoms with Gasteiger partial charge in [0.1, 0.15) is 0 Å². The zero-order valence-electron chi connectivity index (χ0n) is 16.5. The Bertz CT molecular complexity index is 947. The lowest BCUT2D eigenvalue weighted by Gasteiger charge is -2.33. The van der Waals surface area contributed by atoms with Crippen LogP contribution in [-0.2, 0) is 27.5 Å². The van der Waals surface area contributed by atoms with Crippen molar-refractivity contribution in [2.24, 2.45) is 0 Å². The highest BCUT2D eigenvalue weighted by molar-refractivity contribution is 6.35. The van der Waals surface area contributed by atoms with E-state index < -0.39 is 11.8 Å². The summed E-state index contributed by atoms with van der Waals surface area (Å²) >= 11 is 0. The van der Waals surface area contributed by atoms with Crippen LogP contribution < -0.4 is 14.8 Å². The Morgan fingerprint density at radius 2 is 1.63 bits per heavy atom. The van der Waals surface area contributed by atoms with Crippen molar-refractivity contribution in [2.75, 3.05) is 26.4 Å². The lowest BCUT2D eigenvalue weighted by atomic mass is 10.2. The number of hydrogen-bond acceptors (Lipinski definition) is 5. The Hall–Kier alpha value is -3.55. The summed E-state index contributed by atoms with van der Waals surface area (Å²) in [6, 6.07) is 15.1. The molecule has 1 fully saturated rings. The van der Waals surface area contributed by atoms with Crippen LogP contribution in [0.5, 0.6) is 11.5 Å². The molecule has 0 radical (unpaired) electrons. The van der Waals surface area contributed by atoms with E-state index in [0.717, 1.165) is 11.1 Å². The fourth-order valence-electron chi connectivity index (χ4n) is 3.46. The molecule has 0 bridgehead atoms. The average Bonchev–Trinajstić information content (AvgIpc) is 3.23. The number of rotatable bonds is 7. The van der Waals surface area contributed by atoms with Crippen LogP contribution in [0.2, 0.25) is 0 Å². The molecule has 2 aromatic rings. The monoisotopic (exact) mass is 409 g/mol. The van der Waals surface area contributed by atoms with Crippen molar-refractivity contribution in [1.82, 2.24) is 15.1 Å². The summed E-state index contributed by atoms with van der Waals surface area (Å²) in [5.74, 6) is 0.102. The Kier molecular flexibility index (Phi) is 5.83. The van der Waals surface area contributed by atoms with Crippen LogP contribution in [-0.4, -0.2) is 53.9 Å². The molecule has 2 aliphatic heterocycles. The van der Waals surface area contributed by atoms with Crippen molar-refractivity contribution in [3.05, 3.63) is 59.7 Å². The van der Waals surface area contributed by atoms with Gasteiger partial charge in [-0.3, -0.25) is 14.4 Å². The molecule has 8 heteroatoms. The number of hydrogen-bond donors (Lipinski definition) is 1. The predicted octanol–water partition coefficient (Wildman–Crippen LogP) is 1.29. The molecular formula is C22H23N3O5. The third-order valence-electron chi connectivity index (χ3n) is 5.15. The van der Waals surface area contributed by atoms with Gasteiger partial charge in [-0.2, -0.15) is 0 Å². The molecule has 4 rings (SSSR count). The van der Waals surface area contributed by atoms with Crippen LogP contribution in [0.15, 0.2) is 48.5 Å². The molecule has 2 aromatic carbocycles. The van der Waals surface area contributed by atoms with Crippen LogP contribution in [0.25, 0.3) is 0 Å². The van der Waals surface area contributed by atoms with Gasteiger partial charge in [0.15, 0.2) is 11.5 Å². The summed E-state index contributed by atoms with van der Waals surface area (Å²) in [5, 5.41) is 2.83. The van der Waals surface area contributed by atoms with Gasteiger partial charge in [-0.25, -0.2) is 0 Å². The van der Waals surface area contributed by atoms with Crippen molar-refractivity contribution in [3.63, 3.8) is 0 Å². The molecule has 1 N–H and O–H groups in total. The highest BCUT2D eigenvalue weighted by Crippen LogP contribution is 2.32. The largest absolute Gasteiger partial charge is 0.454 e. The molecule has 0 aromatic heterocycles. The summed E-state index contributed by atoms with van der Waals surface area (Å²) in [6.07, 6.45) is 0.141. The van der Waals surface area contributed by atoms with Gasteiger partial charge >= 0.3 is 11.8 Å². The second-order valence-electron chi connectivity index (χ2n) is 7.22.